The number of aliphatic hydroxyl groups is 1. The Balaban J connectivity index is -0.0000000142. The summed E-state index contributed by atoms with van der Waals surface area (Å²) in [5.41, 5.74) is 0. The molecule has 0 aromatic heterocycles. The van der Waals surface area contributed by atoms with Crippen LogP contribution in [0.15, 0.2) is 0 Å². The number of aliphatic hydroxyl groups excluding tert-OH is 1. The molecule has 0 amide bonds. The summed E-state index contributed by atoms with van der Waals surface area (Å²) < 4.78 is 9.61. The molecule has 13 heteroatoms. The van der Waals surface area contributed by atoms with E-state index in [1.807, 2.05) is 0 Å². The monoisotopic (exact) mass is 349 g/mol. The maximum atomic E-state index is 8.77. The van der Waals surface area contributed by atoms with E-state index in [0.29, 0.717) is 0 Å². The molecule has 0 bridgehead atoms. The fraction of sp³-hybridized carbons (Fsp3) is 1.00. The van der Waals surface area contributed by atoms with Gasteiger partial charge in [-0.25, -0.2) is 0 Å². The van der Waals surface area contributed by atoms with Crippen molar-refractivity contribution in [2.45, 2.75) is 0 Å². The van der Waals surface area contributed by atoms with Crippen molar-refractivity contribution in [2.24, 2.45) is 0 Å². The number of nitrogens with zero attached hydrogens (tertiary/aromatic N) is 1. The van der Waals surface area contributed by atoms with Crippen molar-refractivity contribution in [1.82, 2.24) is 0 Å². The molecule has 0 aliphatic rings. The summed E-state index contributed by atoms with van der Waals surface area (Å²) >= 11 is 0. The van der Waals surface area contributed by atoms with Crippen LogP contribution in [0.5, 0.6) is 0 Å². The van der Waals surface area contributed by atoms with E-state index in [9.17, 15) is 0 Å². The zero-order valence-electron chi connectivity index (χ0n) is 10.6. The van der Waals surface area contributed by atoms with Crippen LogP contribution < -0.4 is 4.89 Å². The van der Waals surface area contributed by atoms with Crippen molar-refractivity contribution in [2.75, 3.05) is 34.3 Å². The van der Waals surface area contributed by atoms with E-state index in [1.165, 1.54) is 0 Å². The van der Waals surface area contributed by atoms with Crippen molar-refractivity contribution in [3.63, 3.8) is 0 Å². The summed E-state index contributed by atoms with van der Waals surface area (Å²) in [6.07, 6.45) is 0. The largest absolute Gasteiger partial charge is 2.00 e. The summed E-state index contributed by atoms with van der Waals surface area (Å²) in [7, 11) is 1.27. The van der Waals surface area contributed by atoms with Crippen molar-refractivity contribution in [3.05, 3.63) is 0 Å². The molecule has 10 nitrogen and oxygen atoms in total. The van der Waals surface area contributed by atoms with Gasteiger partial charge in [-0.3, -0.25) is 4.57 Å². The minimum Gasteiger partial charge on any atom is -0.756 e. The third-order valence-corrected chi connectivity index (χ3v) is 0.771. The molecule has 116 valence electrons. The molecule has 0 fully saturated rings. The second-order valence-electron chi connectivity index (χ2n) is 3.23. The Morgan fingerprint density at radius 2 is 1.22 bits per heavy atom. The molecule has 0 rings (SSSR count). The summed E-state index contributed by atoms with van der Waals surface area (Å²) in [6, 6.07) is 0. The topological polar surface area (TPSA) is 227 Å². The minimum absolute atomic E-state index is 0. The fourth-order valence-electron chi connectivity index (χ4n) is 0.300. The van der Waals surface area contributed by atoms with E-state index < -0.39 is 7.82 Å². The van der Waals surface area contributed by atoms with Crippen LogP contribution in [0.4, 0.5) is 0 Å². The second-order valence-corrected chi connectivity index (χ2v) is 4.21. The van der Waals surface area contributed by atoms with Crippen LogP contribution in [0.2, 0.25) is 0 Å². The number of halogens is 1. The van der Waals surface area contributed by atoms with E-state index in [1.54, 1.807) is 0 Å². The summed E-state index contributed by atoms with van der Waals surface area (Å²) in [5, 5.41) is 8.39. The molecule has 0 saturated heterocycles. The van der Waals surface area contributed by atoms with E-state index in [4.69, 9.17) is 24.4 Å². The number of phosphoric acid groups is 1. The SMILES string of the molecule is C[N+](C)(C)CCO.Cl.O.O.O.O.O=P([O-])(O)O.[Ca+2]. The predicted molar refractivity (Wildman–Crippen MR) is 69.5 cm³/mol. The maximum absolute atomic E-state index is 8.77. The van der Waals surface area contributed by atoms with Crippen molar-refractivity contribution in [3.8, 4) is 0 Å². The Kier molecular flexibility index (Phi) is 66.0. The number of hydrogen-bond acceptors (Lipinski definition) is 3. The van der Waals surface area contributed by atoms with Gasteiger partial charge in [0.1, 0.15) is 6.54 Å². The van der Waals surface area contributed by atoms with E-state index in [0.717, 1.165) is 11.0 Å². The molecule has 11 N–H and O–H groups in total. The summed E-state index contributed by atoms with van der Waals surface area (Å²) in [5.74, 6) is 0. The molecule has 0 spiro atoms. The molecule has 0 radical (unpaired) electrons. The molecule has 0 saturated carbocycles. The Morgan fingerprint density at radius 3 is 1.22 bits per heavy atom. The Bertz CT molecular complexity index is 155. The fourth-order valence-corrected chi connectivity index (χ4v) is 0.300. The number of quaternary nitrogens is 1. The number of rotatable bonds is 2. The predicted octanol–water partition coefficient (Wildman–Crippen LogP) is -5.13. The first-order valence-corrected chi connectivity index (χ1v) is 4.77. The van der Waals surface area contributed by atoms with Crippen molar-refractivity contribution < 1.29 is 50.7 Å². The van der Waals surface area contributed by atoms with Gasteiger partial charge in [-0.15, -0.1) is 12.4 Å². The van der Waals surface area contributed by atoms with Gasteiger partial charge >= 0.3 is 37.7 Å². The molecule has 0 aliphatic heterocycles. The molecule has 0 aromatic carbocycles. The minimum atomic E-state index is -4.89. The van der Waals surface area contributed by atoms with Gasteiger partial charge in [-0.2, -0.15) is 0 Å². The first-order valence-electron chi connectivity index (χ1n) is 3.24. The first-order chi connectivity index (χ1) is 5.06. The summed E-state index contributed by atoms with van der Waals surface area (Å²) in [4.78, 5) is 22.9. The zero-order chi connectivity index (χ0) is 10.4. The second kappa shape index (κ2) is 23.5. The van der Waals surface area contributed by atoms with Gasteiger partial charge in [0.2, 0.25) is 0 Å². The smallest absolute Gasteiger partial charge is 0.756 e. The van der Waals surface area contributed by atoms with E-state index >= 15 is 0 Å². The van der Waals surface area contributed by atoms with Gasteiger partial charge in [0.25, 0.3) is 7.82 Å². The number of likely N-dealkylation sites (N-methyl/N-ethyl adjacent to an activating group) is 1. The zero-order valence-corrected chi connectivity index (χ0v) is 14.5. The van der Waals surface area contributed by atoms with Gasteiger partial charge in [0.05, 0.1) is 27.7 Å². The third-order valence-electron chi connectivity index (χ3n) is 0.771. The van der Waals surface area contributed by atoms with Crippen LogP contribution in [0.25, 0.3) is 0 Å². The van der Waals surface area contributed by atoms with Crippen molar-refractivity contribution >= 4 is 58.0 Å². The average molecular weight is 350 g/mol. The van der Waals surface area contributed by atoms with E-state index in [-0.39, 0.29) is 78.7 Å². The molecule has 18 heavy (non-hydrogen) atoms. The molecule has 0 aliphatic carbocycles. The third kappa shape index (κ3) is 160. The maximum Gasteiger partial charge on any atom is 2.00 e. The van der Waals surface area contributed by atoms with Gasteiger partial charge in [-0.1, -0.05) is 0 Å². The average Bonchev–Trinajstić information content (AvgIpc) is 1.54. The van der Waals surface area contributed by atoms with Crippen LogP contribution in [0, 0.1) is 0 Å². The van der Waals surface area contributed by atoms with Crippen LogP contribution in [-0.2, 0) is 4.57 Å². The first kappa shape index (κ1) is 50.5. The van der Waals surface area contributed by atoms with Crippen LogP contribution in [0.1, 0.15) is 0 Å². The molecular formula is C5H25CaClNO9P+2. The van der Waals surface area contributed by atoms with Gasteiger partial charge in [0, 0.05) is 0 Å². The molecule has 0 unspecified atom stereocenters. The van der Waals surface area contributed by atoms with Crippen LogP contribution in [-0.4, -0.2) is 113 Å². The van der Waals surface area contributed by atoms with Gasteiger partial charge in [0.15, 0.2) is 0 Å². The van der Waals surface area contributed by atoms with Gasteiger partial charge < -0.3 is 46.2 Å². The van der Waals surface area contributed by atoms with Crippen LogP contribution in [0.3, 0.4) is 0 Å². The molecular weight excluding hydrogens is 325 g/mol. The number of hydrogen-bond donors (Lipinski definition) is 3. The Hall–Kier alpha value is 1.42. The van der Waals surface area contributed by atoms with Gasteiger partial charge in [-0.05, 0) is 0 Å². The quantitative estimate of drug-likeness (QED) is 0.251. The van der Waals surface area contributed by atoms with E-state index in [2.05, 4.69) is 21.1 Å². The normalized spacial score (nSPS) is 7.94. The van der Waals surface area contributed by atoms with Crippen molar-refractivity contribution in [1.29, 1.82) is 0 Å². The standard InChI is InChI=1S/C5H14NO.Ca.ClH.H3O4P.4H2O/c1-6(2,3)4-5-7;;;1-5(2,3)4;;;;/h7H,4-5H2,1-3H3;;1H;(H3,1,2,3,4);4*1H2/q+1;+2;;;;;;/p-1. The summed E-state index contributed by atoms with van der Waals surface area (Å²) in [6.45, 7) is 1.11. The molecule has 0 heterocycles. The van der Waals surface area contributed by atoms with Crippen LogP contribution >= 0.6 is 20.2 Å². The molecule has 0 atom stereocenters. The Morgan fingerprint density at radius 1 is 1.06 bits per heavy atom. The molecule has 0 aromatic rings. The Labute approximate surface area is 142 Å².